The Morgan fingerprint density at radius 2 is 1.62 bits per heavy atom. The number of likely N-dealkylation sites (N-methyl/N-ethyl adjacent to an activating group) is 1. The van der Waals surface area contributed by atoms with Crippen LogP contribution in [-0.4, -0.2) is 42.8 Å². The Hall–Kier alpha value is -3.91. The summed E-state index contributed by atoms with van der Waals surface area (Å²) in [5.74, 6) is -0.297. The molecule has 1 heterocycles. The molecule has 0 spiro atoms. The number of benzene rings is 3. The van der Waals surface area contributed by atoms with Gasteiger partial charge in [-0.1, -0.05) is 29.8 Å². The van der Waals surface area contributed by atoms with Crippen molar-refractivity contribution in [2.24, 2.45) is 4.99 Å². The van der Waals surface area contributed by atoms with Gasteiger partial charge in [-0.3, -0.25) is 9.79 Å². The minimum absolute atomic E-state index is 0.0461. The molecule has 0 aromatic heterocycles. The summed E-state index contributed by atoms with van der Waals surface area (Å²) in [5, 5.41) is 8.45. The molecule has 3 N–H and O–H groups in total. The fraction of sp³-hybridized carbons (Fsp3) is 0.160. The summed E-state index contributed by atoms with van der Waals surface area (Å²) in [5.41, 5.74) is 1.97. The number of urea groups is 1. The summed E-state index contributed by atoms with van der Waals surface area (Å²) in [7, 11) is 1.97. The lowest BCUT2D eigenvalue weighted by atomic mass is 10.1. The first-order valence-electron chi connectivity index (χ1n) is 10.6. The first-order chi connectivity index (χ1) is 16.4. The summed E-state index contributed by atoms with van der Waals surface area (Å²) >= 11 is 5.87. The largest absolute Gasteiger partial charge is 0.358 e. The van der Waals surface area contributed by atoms with Gasteiger partial charge in [-0.05, 0) is 54.6 Å². The number of carbonyl (C=O) groups is 2. The van der Waals surface area contributed by atoms with Crippen molar-refractivity contribution in [1.29, 1.82) is 0 Å². The van der Waals surface area contributed by atoms with E-state index in [-0.39, 0.29) is 5.56 Å². The fourth-order valence-corrected chi connectivity index (χ4v) is 3.71. The topological polar surface area (TPSA) is 85.8 Å². The maximum Gasteiger partial charge on any atom is 0.320 e. The Morgan fingerprint density at radius 1 is 0.971 bits per heavy atom. The van der Waals surface area contributed by atoms with Gasteiger partial charge in [0, 0.05) is 41.1 Å². The highest BCUT2D eigenvalue weighted by atomic mass is 35.5. The van der Waals surface area contributed by atoms with Gasteiger partial charge in [0.1, 0.15) is 17.7 Å². The van der Waals surface area contributed by atoms with Gasteiger partial charge < -0.3 is 20.9 Å². The molecule has 3 amide bonds. The normalized spacial score (nSPS) is 13.7. The Morgan fingerprint density at radius 3 is 2.26 bits per heavy atom. The number of nitrogens with zero attached hydrogens (tertiary/aromatic N) is 2. The molecule has 1 aliphatic rings. The van der Waals surface area contributed by atoms with E-state index in [4.69, 9.17) is 11.6 Å². The van der Waals surface area contributed by atoms with E-state index in [2.05, 4.69) is 25.8 Å². The van der Waals surface area contributed by atoms with Crippen LogP contribution in [0.2, 0.25) is 5.02 Å². The lowest BCUT2D eigenvalue weighted by molar-refractivity contribution is -0.118. The van der Waals surface area contributed by atoms with Gasteiger partial charge in [-0.15, -0.1) is 0 Å². The zero-order chi connectivity index (χ0) is 24.1. The third-order valence-corrected chi connectivity index (χ3v) is 5.58. The number of carbonyl (C=O) groups excluding carboxylic acids is 2. The average molecular weight is 480 g/mol. The minimum atomic E-state index is -1.27. The molecular formula is C25H23ClFN5O2. The molecule has 0 aliphatic carbocycles. The van der Waals surface area contributed by atoms with Crippen molar-refractivity contribution in [3.8, 4) is 0 Å². The Bertz CT molecular complexity index is 1210. The second kappa shape index (κ2) is 10.4. The highest BCUT2D eigenvalue weighted by molar-refractivity contribution is 6.30. The summed E-state index contributed by atoms with van der Waals surface area (Å²) in [6.45, 7) is 1.61. The summed E-state index contributed by atoms with van der Waals surface area (Å²) < 4.78 is 14.5. The van der Waals surface area contributed by atoms with E-state index in [1.807, 2.05) is 19.2 Å². The van der Waals surface area contributed by atoms with E-state index in [1.54, 1.807) is 42.5 Å². The van der Waals surface area contributed by atoms with Gasteiger partial charge in [0.05, 0.1) is 6.54 Å². The predicted molar refractivity (Wildman–Crippen MR) is 132 cm³/mol. The van der Waals surface area contributed by atoms with E-state index in [1.165, 1.54) is 18.2 Å². The SMILES string of the molecule is CN1CCN=C1c1ccc(NC(=O)C(NC(=O)Nc2ccc(Cl)cc2)c2ccccc2F)cc1. The molecule has 0 saturated carbocycles. The second-order valence-electron chi connectivity index (χ2n) is 7.75. The van der Waals surface area contributed by atoms with Crippen LogP contribution in [0.4, 0.5) is 20.6 Å². The van der Waals surface area contributed by atoms with Crippen LogP contribution in [0.25, 0.3) is 0 Å². The highest BCUT2D eigenvalue weighted by Gasteiger charge is 2.26. The fourth-order valence-electron chi connectivity index (χ4n) is 3.59. The summed E-state index contributed by atoms with van der Waals surface area (Å²) in [6, 6.07) is 17.6. The summed E-state index contributed by atoms with van der Waals surface area (Å²) in [4.78, 5) is 32.3. The summed E-state index contributed by atoms with van der Waals surface area (Å²) in [6.07, 6.45) is 0. The van der Waals surface area contributed by atoms with Crippen molar-refractivity contribution in [2.75, 3.05) is 30.8 Å². The quantitative estimate of drug-likeness (QED) is 0.480. The van der Waals surface area contributed by atoms with E-state index in [0.29, 0.717) is 16.4 Å². The molecule has 3 aromatic rings. The zero-order valence-corrected chi connectivity index (χ0v) is 19.1. The molecule has 1 unspecified atom stereocenters. The van der Waals surface area contributed by atoms with Crippen LogP contribution in [0.3, 0.4) is 0 Å². The van der Waals surface area contributed by atoms with E-state index < -0.39 is 23.8 Å². The van der Waals surface area contributed by atoms with E-state index in [0.717, 1.165) is 24.5 Å². The molecule has 4 rings (SSSR count). The van der Waals surface area contributed by atoms with Crippen LogP contribution in [0.15, 0.2) is 77.8 Å². The van der Waals surface area contributed by atoms with E-state index >= 15 is 0 Å². The molecule has 174 valence electrons. The van der Waals surface area contributed by atoms with Crippen molar-refractivity contribution in [2.45, 2.75) is 6.04 Å². The molecule has 34 heavy (non-hydrogen) atoms. The lowest BCUT2D eigenvalue weighted by Gasteiger charge is -2.20. The number of hydrogen-bond donors (Lipinski definition) is 3. The maximum absolute atomic E-state index is 14.5. The lowest BCUT2D eigenvalue weighted by Crippen LogP contribution is -2.39. The van der Waals surface area contributed by atoms with Gasteiger partial charge in [-0.2, -0.15) is 0 Å². The number of rotatable bonds is 6. The molecular weight excluding hydrogens is 457 g/mol. The minimum Gasteiger partial charge on any atom is -0.358 e. The molecule has 0 fully saturated rings. The number of aliphatic imine (C=N–C) groups is 1. The average Bonchev–Trinajstić information content (AvgIpc) is 3.26. The number of halogens is 2. The van der Waals surface area contributed by atoms with Crippen LogP contribution >= 0.6 is 11.6 Å². The second-order valence-corrected chi connectivity index (χ2v) is 8.19. The van der Waals surface area contributed by atoms with Gasteiger partial charge >= 0.3 is 6.03 Å². The Labute approximate surface area is 201 Å². The van der Waals surface area contributed by atoms with Gasteiger partial charge in [0.2, 0.25) is 0 Å². The number of nitrogens with one attached hydrogen (secondary N) is 3. The monoisotopic (exact) mass is 479 g/mol. The molecule has 1 aliphatic heterocycles. The van der Waals surface area contributed by atoms with Gasteiger partial charge in [0.15, 0.2) is 0 Å². The Kier molecular flexibility index (Phi) is 7.08. The van der Waals surface area contributed by atoms with Crippen LogP contribution in [0.1, 0.15) is 17.2 Å². The predicted octanol–water partition coefficient (Wildman–Crippen LogP) is 4.67. The first kappa shape index (κ1) is 23.3. The number of amidine groups is 1. The van der Waals surface area contributed by atoms with Crippen molar-refractivity contribution < 1.29 is 14.0 Å². The zero-order valence-electron chi connectivity index (χ0n) is 18.4. The van der Waals surface area contributed by atoms with Crippen LogP contribution in [0.5, 0.6) is 0 Å². The van der Waals surface area contributed by atoms with E-state index in [9.17, 15) is 14.0 Å². The molecule has 0 bridgehead atoms. The molecule has 1 atom stereocenters. The molecule has 7 nitrogen and oxygen atoms in total. The van der Waals surface area contributed by atoms with Crippen molar-refractivity contribution >= 4 is 40.7 Å². The standard InChI is InChI=1S/C25H23ClFN5O2/c1-32-15-14-28-23(32)16-6-10-18(11-7-16)29-24(33)22(20-4-2-3-5-21(20)27)31-25(34)30-19-12-8-17(26)9-13-19/h2-13,22H,14-15H2,1H3,(H,29,33)(H2,30,31,34). The first-order valence-corrected chi connectivity index (χ1v) is 11.0. The maximum atomic E-state index is 14.5. The number of amides is 3. The van der Waals surface area contributed by atoms with Crippen molar-refractivity contribution in [3.63, 3.8) is 0 Å². The van der Waals surface area contributed by atoms with Crippen LogP contribution < -0.4 is 16.0 Å². The molecule has 9 heteroatoms. The molecule has 0 radical (unpaired) electrons. The molecule has 0 saturated heterocycles. The highest BCUT2D eigenvalue weighted by Crippen LogP contribution is 2.21. The smallest absolute Gasteiger partial charge is 0.320 e. The third kappa shape index (κ3) is 5.52. The van der Waals surface area contributed by atoms with Crippen molar-refractivity contribution in [1.82, 2.24) is 10.2 Å². The number of anilines is 2. The van der Waals surface area contributed by atoms with Gasteiger partial charge in [0.25, 0.3) is 5.91 Å². The van der Waals surface area contributed by atoms with Gasteiger partial charge in [-0.25, -0.2) is 9.18 Å². The number of hydrogen-bond acceptors (Lipinski definition) is 4. The van der Waals surface area contributed by atoms with Crippen LogP contribution in [0, 0.1) is 5.82 Å². The van der Waals surface area contributed by atoms with Crippen LogP contribution in [-0.2, 0) is 4.79 Å². The van der Waals surface area contributed by atoms with Crippen molar-refractivity contribution in [3.05, 3.63) is 94.8 Å². The molecule has 3 aromatic carbocycles. The Balaban J connectivity index is 1.50. The third-order valence-electron chi connectivity index (χ3n) is 5.33.